The number of nitrogens with one attached hydrogen (secondary N) is 1. The van der Waals surface area contributed by atoms with Crippen LogP contribution < -0.4 is 10.1 Å². The van der Waals surface area contributed by atoms with Crippen LogP contribution in [0.5, 0.6) is 5.75 Å². The predicted molar refractivity (Wildman–Crippen MR) is 93.2 cm³/mol. The second-order valence-electron chi connectivity index (χ2n) is 5.78. The van der Waals surface area contributed by atoms with Crippen LogP contribution >= 0.6 is 11.3 Å². The molecule has 1 aromatic carbocycles. The van der Waals surface area contributed by atoms with E-state index in [0.717, 1.165) is 30.0 Å². The fraction of sp³-hybridized carbons (Fsp3) is 0.471. The molecule has 0 saturated heterocycles. The highest BCUT2D eigenvalue weighted by Crippen LogP contribution is 2.19. The van der Waals surface area contributed by atoms with Gasteiger partial charge in [-0.05, 0) is 36.6 Å². The summed E-state index contributed by atoms with van der Waals surface area (Å²) in [6, 6.07) is 7.14. The van der Waals surface area contributed by atoms with Crippen LogP contribution in [0.3, 0.4) is 0 Å². The highest BCUT2D eigenvalue weighted by Gasteiger charge is 2.11. The van der Waals surface area contributed by atoms with Crippen molar-refractivity contribution < 1.29 is 9.53 Å². The molecule has 0 saturated carbocycles. The minimum Gasteiger partial charge on any atom is -0.494 e. The van der Waals surface area contributed by atoms with Gasteiger partial charge in [0.25, 0.3) is 5.91 Å². The van der Waals surface area contributed by atoms with Crippen LogP contribution in [-0.4, -0.2) is 22.7 Å². The molecule has 1 N–H and O–H groups in total. The molecule has 23 heavy (non-hydrogen) atoms. The lowest BCUT2D eigenvalue weighted by atomic mass is 10.1. The Morgan fingerprint density at radius 2 is 2.00 bits per heavy atom. The normalized spacial score (nSPS) is 10.8. The third-order valence-electron chi connectivity index (χ3n) is 3.15. The van der Waals surface area contributed by atoms with Crippen molar-refractivity contribution in [1.29, 1.82) is 0 Å². The summed E-state index contributed by atoms with van der Waals surface area (Å²) in [5.41, 5.74) is 0.577. The van der Waals surface area contributed by atoms with Crippen LogP contribution in [-0.2, 0) is 6.42 Å². The van der Waals surface area contributed by atoms with Crippen LogP contribution in [0.15, 0.2) is 24.3 Å². The summed E-state index contributed by atoms with van der Waals surface area (Å²) in [4.78, 5) is 12.2. The summed E-state index contributed by atoms with van der Waals surface area (Å²) in [5, 5.41) is 12.4. The fourth-order valence-corrected chi connectivity index (χ4v) is 2.89. The number of anilines is 1. The summed E-state index contributed by atoms with van der Waals surface area (Å²) in [5.74, 6) is 1.12. The Morgan fingerprint density at radius 1 is 1.26 bits per heavy atom. The van der Waals surface area contributed by atoms with E-state index in [9.17, 15) is 4.79 Å². The van der Waals surface area contributed by atoms with Gasteiger partial charge in [-0.25, -0.2) is 0 Å². The maximum absolute atomic E-state index is 12.2. The van der Waals surface area contributed by atoms with Crippen molar-refractivity contribution in [1.82, 2.24) is 10.2 Å². The number of unbranched alkanes of at least 4 members (excludes halogenated alkanes) is 1. The molecule has 124 valence electrons. The summed E-state index contributed by atoms with van der Waals surface area (Å²) < 4.78 is 5.59. The average molecular weight is 333 g/mol. The van der Waals surface area contributed by atoms with E-state index in [1.807, 2.05) is 12.1 Å². The molecule has 0 radical (unpaired) electrons. The Kier molecular flexibility index (Phi) is 6.52. The third kappa shape index (κ3) is 5.63. The molecular formula is C17H23N3O2S. The van der Waals surface area contributed by atoms with Crippen molar-refractivity contribution in [3.63, 3.8) is 0 Å². The molecule has 1 amide bonds. The summed E-state index contributed by atoms with van der Waals surface area (Å²) in [6.45, 7) is 7.08. The monoisotopic (exact) mass is 333 g/mol. The van der Waals surface area contributed by atoms with Crippen molar-refractivity contribution in [2.24, 2.45) is 5.92 Å². The molecule has 2 aromatic rings. The van der Waals surface area contributed by atoms with Crippen molar-refractivity contribution in [3.8, 4) is 5.75 Å². The van der Waals surface area contributed by atoms with E-state index >= 15 is 0 Å². The number of carbonyl (C=O) groups excluding carboxylic acids is 1. The number of amides is 1. The largest absolute Gasteiger partial charge is 0.494 e. The minimum atomic E-state index is -0.183. The van der Waals surface area contributed by atoms with Crippen LogP contribution in [0.25, 0.3) is 0 Å². The van der Waals surface area contributed by atoms with Crippen molar-refractivity contribution in [2.45, 2.75) is 40.0 Å². The standard InChI is InChI=1S/C17H23N3O2S/c1-4-5-10-22-14-8-6-13(7-9-14)16(21)18-17-20-19-15(23-17)11-12(2)3/h6-9,12H,4-5,10-11H2,1-3H3,(H,18,20,21). The molecule has 1 heterocycles. The molecule has 6 heteroatoms. The Bertz CT molecular complexity index is 623. The quantitative estimate of drug-likeness (QED) is 0.737. The van der Waals surface area contributed by atoms with Crippen LogP contribution in [0.4, 0.5) is 5.13 Å². The summed E-state index contributed by atoms with van der Waals surface area (Å²) in [6.07, 6.45) is 3.00. The van der Waals surface area contributed by atoms with Gasteiger partial charge in [-0.2, -0.15) is 0 Å². The molecule has 0 atom stereocenters. The van der Waals surface area contributed by atoms with E-state index in [4.69, 9.17) is 4.74 Å². The molecule has 0 spiro atoms. The van der Waals surface area contributed by atoms with Gasteiger partial charge in [0.15, 0.2) is 0 Å². The first-order chi connectivity index (χ1) is 11.1. The van der Waals surface area contributed by atoms with Gasteiger partial charge in [0.1, 0.15) is 10.8 Å². The van der Waals surface area contributed by atoms with E-state index in [1.54, 1.807) is 12.1 Å². The van der Waals surface area contributed by atoms with E-state index in [2.05, 4.69) is 36.3 Å². The van der Waals surface area contributed by atoms with Gasteiger partial charge in [-0.15, -0.1) is 10.2 Å². The van der Waals surface area contributed by atoms with Gasteiger partial charge in [0.05, 0.1) is 6.61 Å². The van der Waals surface area contributed by atoms with Gasteiger partial charge in [-0.3, -0.25) is 10.1 Å². The number of nitrogens with zero attached hydrogens (tertiary/aromatic N) is 2. The SMILES string of the molecule is CCCCOc1ccc(C(=O)Nc2nnc(CC(C)C)s2)cc1. The lowest BCUT2D eigenvalue weighted by molar-refractivity contribution is 0.102. The zero-order valence-electron chi connectivity index (χ0n) is 13.8. The predicted octanol–water partition coefficient (Wildman–Crippen LogP) is 4.17. The Balaban J connectivity index is 1.91. The highest BCUT2D eigenvalue weighted by molar-refractivity contribution is 7.15. The molecule has 0 aliphatic carbocycles. The Labute approximate surface area is 141 Å². The Hall–Kier alpha value is -1.95. The van der Waals surface area contributed by atoms with Gasteiger partial charge in [0.2, 0.25) is 5.13 Å². The number of rotatable bonds is 8. The maximum Gasteiger partial charge on any atom is 0.257 e. The van der Waals surface area contributed by atoms with E-state index in [-0.39, 0.29) is 5.91 Å². The summed E-state index contributed by atoms with van der Waals surface area (Å²) in [7, 11) is 0. The Morgan fingerprint density at radius 3 is 2.65 bits per heavy atom. The molecule has 2 rings (SSSR count). The average Bonchev–Trinajstić information content (AvgIpc) is 2.94. The van der Waals surface area contributed by atoms with Gasteiger partial charge in [0, 0.05) is 12.0 Å². The molecule has 0 unspecified atom stereocenters. The van der Waals surface area contributed by atoms with Gasteiger partial charge < -0.3 is 4.74 Å². The first-order valence-electron chi connectivity index (χ1n) is 7.95. The second-order valence-corrected chi connectivity index (χ2v) is 6.84. The van der Waals surface area contributed by atoms with Crippen molar-refractivity contribution in [2.75, 3.05) is 11.9 Å². The zero-order valence-corrected chi connectivity index (χ0v) is 14.7. The number of hydrogen-bond acceptors (Lipinski definition) is 5. The van der Waals surface area contributed by atoms with E-state index in [0.29, 0.717) is 23.2 Å². The van der Waals surface area contributed by atoms with E-state index < -0.39 is 0 Å². The topological polar surface area (TPSA) is 64.1 Å². The number of benzene rings is 1. The second kappa shape index (κ2) is 8.62. The van der Waals surface area contributed by atoms with E-state index in [1.165, 1.54) is 11.3 Å². The van der Waals surface area contributed by atoms with Crippen molar-refractivity contribution in [3.05, 3.63) is 34.8 Å². The first-order valence-corrected chi connectivity index (χ1v) is 8.76. The zero-order chi connectivity index (χ0) is 16.7. The lowest BCUT2D eigenvalue weighted by Gasteiger charge is -2.06. The van der Waals surface area contributed by atoms with Crippen LogP contribution in [0.1, 0.15) is 49.0 Å². The van der Waals surface area contributed by atoms with Crippen LogP contribution in [0, 0.1) is 5.92 Å². The molecule has 0 bridgehead atoms. The molecule has 0 aliphatic heterocycles. The third-order valence-corrected chi connectivity index (χ3v) is 4.01. The van der Waals surface area contributed by atoms with Crippen molar-refractivity contribution >= 4 is 22.4 Å². The first kappa shape index (κ1) is 17.4. The highest BCUT2D eigenvalue weighted by atomic mass is 32.1. The molecule has 0 fully saturated rings. The minimum absolute atomic E-state index is 0.183. The van der Waals surface area contributed by atoms with Crippen LogP contribution in [0.2, 0.25) is 0 Å². The van der Waals surface area contributed by atoms with Gasteiger partial charge in [-0.1, -0.05) is 38.5 Å². The molecule has 0 aliphatic rings. The number of ether oxygens (including phenoxy) is 1. The summed E-state index contributed by atoms with van der Waals surface area (Å²) >= 11 is 1.42. The fourth-order valence-electron chi connectivity index (χ4n) is 1.94. The molecule has 5 nitrogen and oxygen atoms in total. The number of carbonyl (C=O) groups is 1. The van der Waals surface area contributed by atoms with Gasteiger partial charge >= 0.3 is 0 Å². The number of hydrogen-bond donors (Lipinski definition) is 1. The molecule has 1 aromatic heterocycles. The number of aromatic nitrogens is 2. The molecular weight excluding hydrogens is 310 g/mol. The maximum atomic E-state index is 12.2. The smallest absolute Gasteiger partial charge is 0.257 e. The lowest BCUT2D eigenvalue weighted by Crippen LogP contribution is -2.11.